The van der Waals surface area contributed by atoms with Gasteiger partial charge in [-0.1, -0.05) is 55.1 Å². The summed E-state index contributed by atoms with van der Waals surface area (Å²) in [7, 11) is 0. The summed E-state index contributed by atoms with van der Waals surface area (Å²) in [5.41, 5.74) is 3.59. The molecule has 0 saturated heterocycles. The van der Waals surface area contributed by atoms with Gasteiger partial charge in [-0.2, -0.15) is 0 Å². The van der Waals surface area contributed by atoms with Gasteiger partial charge in [-0.3, -0.25) is 4.98 Å². The first-order chi connectivity index (χ1) is 8.90. The van der Waals surface area contributed by atoms with Gasteiger partial charge < -0.3 is 0 Å². The minimum absolute atomic E-state index is 1.15. The first kappa shape index (κ1) is 10.7. The van der Waals surface area contributed by atoms with E-state index in [1.165, 1.54) is 16.5 Å². The van der Waals surface area contributed by atoms with E-state index in [1.54, 1.807) is 0 Å². The molecular weight excluding hydrogens is 218 g/mol. The Morgan fingerprint density at radius 3 is 2.61 bits per heavy atom. The minimum Gasteiger partial charge on any atom is -0.264 e. The molecule has 0 amide bonds. The van der Waals surface area contributed by atoms with Gasteiger partial charge in [0.1, 0.15) is 0 Å². The van der Waals surface area contributed by atoms with E-state index in [4.69, 9.17) is 0 Å². The van der Waals surface area contributed by atoms with E-state index in [0.29, 0.717) is 0 Å². The summed E-state index contributed by atoms with van der Waals surface area (Å²) in [6.07, 6.45) is 5.63. The van der Waals surface area contributed by atoms with Crippen molar-refractivity contribution in [3.05, 3.63) is 73.1 Å². The molecule has 0 fully saturated rings. The van der Waals surface area contributed by atoms with Crippen LogP contribution >= 0.6 is 0 Å². The third-order valence-electron chi connectivity index (χ3n) is 3.15. The lowest BCUT2D eigenvalue weighted by Crippen LogP contribution is -1.85. The van der Waals surface area contributed by atoms with Gasteiger partial charge in [0.2, 0.25) is 0 Å². The molecular formula is C17H13N. The van der Waals surface area contributed by atoms with Crippen molar-refractivity contribution < 1.29 is 0 Å². The Morgan fingerprint density at radius 1 is 0.889 bits per heavy atom. The summed E-state index contributed by atoms with van der Waals surface area (Å²) < 4.78 is 0. The Labute approximate surface area is 106 Å². The largest absolute Gasteiger partial charge is 0.264 e. The maximum atomic E-state index is 4.17. The topological polar surface area (TPSA) is 12.9 Å². The van der Waals surface area contributed by atoms with Crippen molar-refractivity contribution in [3.63, 3.8) is 0 Å². The maximum absolute atomic E-state index is 4.17. The number of fused-ring (bicyclic) bond motifs is 1. The van der Waals surface area contributed by atoms with Gasteiger partial charge in [0.05, 0.1) is 0 Å². The van der Waals surface area contributed by atoms with Crippen molar-refractivity contribution in [2.24, 2.45) is 0 Å². The molecule has 0 radical (unpaired) electrons. The zero-order valence-corrected chi connectivity index (χ0v) is 10.0. The average molecular weight is 231 g/mol. The van der Waals surface area contributed by atoms with E-state index in [1.807, 2.05) is 24.5 Å². The van der Waals surface area contributed by atoms with Crippen molar-refractivity contribution in [2.75, 3.05) is 0 Å². The molecule has 0 aliphatic carbocycles. The van der Waals surface area contributed by atoms with E-state index in [2.05, 4.69) is 54.0 Å². The zero-order chi connectivity index (χ0) is 12.4. The van der Waals surface area contributed by atoms with Crippen LogP contribution in [-0.2, 0) is 0 Å². The first-order valence-electron chi connectivity index (χ1n) is 5.95. The van der Waals surface area contributed by atoms with Crippen LogP contribution in [0.4, 0.5) is 0 Å². The van der Waals surface area contributed by atoms with Crippen LogP contribution in [0.25, 0.3) is 28.0 Å². The van der Waals surface area contributed by atoms with Crippen LogP contribution < -0.4 is 0 Å². The van der Waals surface area contributed by atoms with Crippen LogP contribution in [0.3, 0.4) is 0 Å². The second-order valence-corrected chi connectivity index (χ2v) is 4.19. The number of hydrogen-bond acceptors (Lipinski definition) is 1. The van der Waals surface area contributed by atoms with Crippen molar-refractivity contribution >= 4 is 16.8 Å². The highest BCUT2D eigenvalue weighted by Crippen LogP contribution is 2.30. The number of benzene rings is 2. The molecule has 0 atom stereocenters. The SMILES string of the molecule is C=Cc1ccccc1-c1cccc2cnccc12. The van der Waals surface area contributed by atoms with Crippen LogP contribution in [0, 0.1) is 0 Å². The van der Waals surface area contributed by atoms with E-state index in [0.717, 1.165) is 10.9 Å². The first-order valence-corrected chi connectivity index (χ1v) is 5.95. The van der Waals surface area contributed by atoms with Gasteiger partial charge >= 0.3 is 0 Å². The van der Waals surface area contributed by atoms with Gasteiger partial charge in [0.15, 0.2) is 0 Å². The summed E-state index contributed by atoms with van der Waals surface area (Å²) >= 11 is 0. The van der Waals surface area contributed by atoms with E-state index in [9.17, 15) is 0 Å². The maximum Gasteiger partial charge on any atom is 0.0346 e. The Morgan fingerprint density at radius 2 is 1.72 bits per heavy atom. The molecule has 0 saturated carbocycles. The van der Waals surface area contributed by atoms with Crippen molar-refractivity contribution in [3.8, 4) is 11.1 Å². The predicted octanol–water partition coefficient (Wildman–Crippen LogP) is 4.54. The Bertz CT molecular complexity index is 708. The molecule has 0 bridgehead atoms. The molecule has 1 heteroatoms. The van der Waals surface area contributed by atoms with Crippen LogP contribution in [-0.4, -0.2) is 4.98 Å². The lowest BCUT2D eigenvalue weighted by molar-refractivity contribution is 1.36. The highest BCUT2D eigenvalue weighted by molar-refractivity contribution is 5.97. The molecule has 0 unspecified atom stereocenters. The summed E-state index contributed by atoms with van der Waals surface area (Å²) in [5.74, 6) is 0. The van der Waals surface area contributed by atoms with Crippen molar-refractivity contribution in [1.82, 2.24) is 4.98 Å². The molecule has 18 heavy (non-hydrogen) atoms. The molecule has 0 aliphatic heterocycles. The van der Waals surface area contributed by atoms with Gasteiger partial charge in [-0.25, -0.2) is 0 Å². The van der Waals surface area contributed by atoms with Gasteiger partial charge in [-0.15, -0.1) is 0 Å². The molecule has 0 N–H and O–H groups in total. The fourth-order valence-electron chi connectivity index (χ4n) is 2.28. The molecule has 3 rings (SSSR count). The van der Waals surface area contributed by atoms with E-state index in [-0.39, 0.29) is 0 Å². The highest BCUT2D eigenvalue weighted by Gasteiger charge is 2.05. The molecule has 1 aromatic heterocycles. The van der Waals surface area contributed by atoms with Crippen LogP contribution in [0.15, 0.2) is 67.5 Å². The van der Waals surface area contributed by atoms with Crippen molar-refractivity contribution in [2.45, 2.75) is 0 Å². The van der Waals surface area contributed by atoms with Crippen LogP contribution in [0.2, 0.25) is 0 Å². The fourth-order valence-corrected chi connectivity index (χ4v) is 2.28. The second-order valence-electron chi connectivity index (χ2n) is 4.19. The summed E-state index contributed by atoms with van der Waals surface area (Å²) in [4.78, 5) is 4.17. The molecule has 0 spiro atoms. The smallest absolute Gasteiger partial charge is 0.0346 e. The fraction of sp³-hybridized carbons (Fsp3) is 0. The quantitative estimate of drug-likeness (QED) is 0.630. The minimum atomic E-state index is 1.15. The summed E-state index contributed by atoms with van der Waals surface area (Å²) in [6.45, 7) is 3.88. The van der Waals surface area contributed by atoms with Gasteiger partial charge in [-0.05, 0) is 28.1 Å². The highest BCUT2D eigenvalue weighted by atomic mass is 14.6. The molecule has 3 aromatic rings. The number of nitrogens with zero attached hydrogens (tertiary/aromatic N) is 1. The molecule has 0 aliphatic rings. The second kappa shape index (κ2) is 4.46. The average Bonchev–Trinajstić information content (AvgIpc) is 2.46. The molecule has 86 valence electrons. The lowest BCUT2D eigenvalue weighted by atomic mass is 9.95. The van der Waals surface area contributed by atoms with E-state index < -0.39 is 0 Å². The van der Waals surface area contributed by atoms with E-state index >= 15 is 0 Å². The van der Waals surface area contributed by atoms with Crippen molar-refractivity contribution in [1.29, 1.82) is 0 Å². The Balaban J connectivity index is 2.35. The summed E-state index contributed by atoms with van der Waals surface area (Å²) in [5, 5.41) is 2.38. The van der Waals surface area contributed by atoms with Gasteiger partial charge in [0.25, 0.3) is 0 Å². The Kier molecular flexibility index (Phi) is 2.66. The number of pyridine rings is 1. The lowest BCUT2D eigenvalue weighted by Gasteiger charge is -2.09. The third kappa shape index (κ3) is 1.70. The monoisotopic (exact) mass is 231 g/mol. The summed E-state index contributed by atoms with van der Waals surface area (Å²) in [6, 6.07) is 16.7. The third-order valence-corrected chi connectivity index (χ3v) is 3.15. The van der Waals surface area contributed by atoms with Crippen LogP contribution in [0.5, 0.6) is 0 Å². The Hall–Kier alpha value is -2.41. The molecule has 1 heterocycles. The van der Waals surface area contributed by atoms with Gasteiger partial charge in [0, 0.05) is 17.8 Å². The standard InChI is InChI=1S/C17H13N/c1-2-13-6-3-4-8-15(13)17-9-5-7-14-12-18-11-10-16(14)17/h2-12H,1H2. The number of rotatable bonds is 2. The predicted molar refractivity (Wildman–Crippen MR) is 77.3 cm³/mol. The molecule has 2 aromatic carbocycles. The number of aromatic nitrogens is 1. The number of hydrogen-bond donors (Lipinski definition) is 0. The normalized spacial score (nSPS) is 10.4. The zero-order valence-electron chi connectivity index (χ0n) is 10.0. The van der Waals surface area contributed by atoms with Crippen LogP contribution in [0.1, 0.15) is 5.56 Å². The molecule has 1 nitrogen and oxygen atoms in total.